The highest BCUT2D eigenvalue weighted by atomic mass is 32.2. The third-order valence-corrected chi connectivity index (χ3v) is 6.91. The van der Waals surface area contributed by atoms with E-state index in [0.717, 1.165) is 50.5 Å². The van der Waals surface area contributed by atoms with Crippen LogP contribution in [0.5, 0.6) is 0 Å². The predicted octanol–water partition coefficient (Wildman–Crippen LogP) is 4.38. The van der Waals surface area contributed by atoms with Crippen LogP contribution >= 0.6 is 11.8 Å². The maximum Gasteiger partial charge on any atom is 0.237 e. The summed E-state index contributed by atoms with van der Waals surface area (Å²) in [6.07, 6.45) is 2.01. The maximum atomic E-state index is 14.4. The number of morpholine rings is 1. The molecule has 2 aliphatic rings. The average molecular weight is 468 g/mol. The molecule has 7 nitrogen and oxygen atoms in total. The fourth-order valence-corrected chi connectivity index (χ4v) is 4.80. The number of anilines is 2. The molecule has 2 heterocycles. The first-order valence-electron chi connectivity index (χ1n) is 11.2. The number of benzene rings is 2. The SMILES string of the molecule is C[C@@H](Sc1nnc(-c2ccccc2F)n1C1CC1)C(=O)Nc1ccc(N2CCOCC2)cc1. The molecule has 0 bridgehead atoms. The molecule has 9 heteroatoms. The summed E-state index contributed by atoms with van der Waals surface area (Å²) in [5.41, 5.74) is 2.30. The number of ether oxygens (including phenoxy) is 1. The van der Waals surface area contributed by atoms with Gasteiger partial charge in [0.25, 0.3) is 0 Å². The van der Waals surface area contributed by atoms with Gasteiger partial charge in [0.2, 0.25) is 5.91 Å². The summed E-state index contributed by atoms with van der Waals surface area (Å²) in [5, 5.41) is 11.8. The van der Waals surface area contributed by atoms with Crippen molar-refractivity contribution in [3.63, 3.8) is 0 Å². The van der Waals surface area contributed by atoms with Crippen molar-refractivity contribution >= 4 is 29.0 Å². The number of aromatic nitrogens is 3. The van der Waals surface area contributed by atoms with Gasteiger partial charge < -0.3 is 15.0 Å². The Bertz CT molecular complexity index is 1130. The maximum absolute atomic E-state index is 14.4. The molecule has 3 aromatic rings. The van der Waals surface area contributed by atoms with E-state index in [0.29, 0.717) is 16.5 Å². The molecule has 1 N–H and O–H groups in total. The van der Waals surface area contributed by atoms with E-state index in [2.05, 4.69) is 20.4 Å². The number of thioether (sulfide) groups is 1. The predicted molar refractivity (Wildman–Crippen MR) is 127 cm³/mol. The highest BCUT2D eigenvalue weighted by Crippen LogP contribution is 2.42. The van der Waals surface area contributed by atoms with E-state index in [1.165, 1.54) is 17.8 Å². The van der Waals surface area contributed by atoms with Crippen molar-refractivity contribution in [2.24, 2.45) is 0 Å². The largest absolute Gasteiger partial charge is 0.378 e. The van der Waals surface area contributed by atoms with Crippen LogP contribution in [-0.2, 0) is 9.53 Å². The second-order valence-electron chi connectivity index (χ2n) is 8.28. The Hall–Kier alpha value is -2.91. The number of hydrogen-bond donors (Lipinski definition) is 1. The fourth-order valence-electron chi connectivity index (χ4n) is 3.88. The zero-order valence-corrected chi connectivity index (χ0v) is 19.2. The number of carbonyl (C=O) groups excluding carboxylic acids is 1. The number of carbonyl (C=O) groups is 1. The van der Waals surface area contributed by atoms with Crippen LogP contribution in [0.4, 0.5) is 15.8 Å². The van der Waals surface area contributed by atoms with Gasteiger partial charge in [-0.25, -0.2) is 4.39 Å². The van der Waals surface area contributed by atoms with Crippen molar-refractivity contribution in [2.75, 3.05) is 36.5 Å². The summed E-state index contributed by atoms with van der Waals surface area (Å²) >= 11 is 1.35. The minimum absolute atomic E-state index is 0.114. The van der Waals surface area contributed by atoms with E-state index < -0.39 is 0 Å². The molecule has 1 aliphatic heterocycles. The Balaban J connectivity index is 1.26. The lowest BCUT2D eigenvalue weighted by Crippen LogP contribution is -2.36. The van der Waals surface area contributed by atoms with E-state index in [-0.39, 0.29) is 23.0 Å². The zero-order valence-electron chi connectivity index (χ0n) is 18.4. The van der Waals surface area contributed by atoms with E-state index in [1.54, 1.807) is 18.2 Å². The van der Waals surface area contributed by atoms with E-state index in [4.69, 9.17) is 4.74 Å². The minimum atomic E-state index is -0.390. The molecule has 2 fully saturated rings. The van der Waals surface area contributed by atoms with Gasteiger partial charge >= 0.3 is 0 Å². The smallest absolute Gasteiger partial charge is 0.237 e. The lowest BCUT2D eigenvalue weighted by Gasteiger charge is -2.28. The van der Waals surface area contributed by atoms with Crippen molar-refractivity contribution in [2.45, 2.75) is 36.2 Å². The second kappa shape index (κ2) is 9.52. The van der Waals surface area contributed by atoms with Crippen molar-refractivity contribution < 1.29 is 13.9 Å². The molecule has 33 heavy (non-hydrogen) atoms. The van der Waals surface area contributed by atoms with Gasteiger partial charge in [0, 0.05) is 30.5 Å². The van der Waals surface area contributed by atoms with Gasteiger partial charge in [0.15, 0.2) is 11.0 Å². The Kier molecular flexibility index (Phi) is 6.32. The highest BCUT2D eigenvalue weighted by molar-refractivity contribution is 8.00. The molecule has 1 saturated carbocycles. The molecule has 1 amide bonds. The van der Waals surface area contributed by atoms with Crippen LogP contribution in [0, 0.1) is 5.82 Å². The van der Waals surface area contributed by atoms with E-state index in [1.807, 2.05) is 35.8 Å². The number of halogens is 1. The zero-order chi connectivity index (χ0) is 22.8. The van der Waals surface area contributed by atoms with E-state index >= 15 is 0 Å². The van der Waals surface area contributed by atoms with Crippen molar-refractivity contribution in [1.29, 1.82) is 0 Å². The van der Waals surface area contributed by atoms with Gasteiger partial charge in [-0.3, -0.25) is 9.36 Å². The van der Waals surface area contributed by atoms with Gasteiger partial charge in [0.1, 0.15) is 5.82 Å². The lowest BCUT2D eigenvalue weighted by molar-refractivity contribution is -0.115. The molecule has 0 unspecified atom stereocenters. The third-order valence-electron chi connectivity index (χ3n) is 5.85. The molecule has 172 valence electrons. The molecule has 5 rings (SSSR count). The second-order valence-corrected chi connectivity index (χ2v) is 9.59. The van der Waals surface area contributed by atoms with E-state index in [9.17, 15) is 9.18 Å². The molecule has 1 aromatic heterocycles. The molecule has 0 radical (unpaired) electrons. The molecule has 1 atom stereocenters. The van der Waals surface area contributed by atoms with Gasteiger partial charge in [-0.05, 0) is 56.2 Å². The van der Waals surface area contributed by atoms with Crippen LogP contribution in [0.25, 0.3) is 11.4 Å². The Labute approximate surface area is 196 Å². The standard InChI is InChI=1S/C24H26FN5O2S/c1-16(23(31)26-17-6-8-18(9-7-17)29-12-14-32-15-13-29)33-24-28-27-22(30(24)19-10-11-19)20-4-2-3-5-21(20)25/h2-9,16,19H,10-15H2,1H3,(H,26,31)/t16-/m1/s1. The minimum Gasteiger partial charge on any atom is -0.378 e. The van der Waals surface area contributed by atoms with Crippen LogP contribution in [-0.4, -0.2) is 52.2 Å². The van der Waals surface area contributed by atoms with Crippen LogP contribution < -0.4 is 10.2 Å². The normalized spacial score (nSPS) is 17.1. The summed E-state index contributed by atoms with van der Waals surface area (Å²) in [7, 11) is 0. The summed E-state index contributed by atoms with van der Waals surface area (Å²) in [6, 6.07) is 14.7. The molecular weight excluding hydrogens is 441 g/mol. The summed E-state index contributed by atoms with van der Waals surface area (Å²) in [6.45, 7) is 5.05. The molecular formula is C24H26FN5O2S. The van der Waals surface area contributed by atoms with Crippen molar-refractivity contribution in [1.82, 2.24) is 14.8 Å². The number of hydrogen-bond acceptors (Lipinski definition) is 6. The highest BCUT2D eigenvalue weighted by Gasteiger charge is 2.32. The summed E-state index contributed by atoms with van der Waals surface area (Å²) < 4.78 is 21.7. The molecule has 2 aromatic carbocycles. The van der Waals surface area contributed by atoms with Gasteiger partial charge in [-0.1, -0.05) is 23.9 Å². The van der Waals surface area contributed by atoms with Crippen LogP contribution in [0.3, 0.4) is 0 Å². The summed E-state index contributed by atoms with van der Waals surface area (Å²) in [5.74, 6) is 0.0796. The van der Waals surface area contributed by atoms with Crippen LogP contribution in [0.1, 0.15) is 25.8 Å². The van der Waals surface area contributed by atoms with Crippen LogP contribution in [0.2, 0.25) is 0 Å². The number of amides is 1. The molecule has 1 saturated heterocycles. The number of rotatable bonds is 7. The average Bonchev–Trinajstić information content (AvgIpc) is 3.60. The Morgan fingerprint density at radius 3 is 2.55 bits per heavy atom. The van der Waals surface area contributed by atoms with Gasteiger partial charge in [-0.15, -0.1) is 10.2 Å². The Morgan fingerprint density at radius 2 is 1.85 bits per heavy atom. The number of nitrogens with zero attached hydrogens (tertiary/aromatic N) is 4. The third kappa shape index (κ3) is 4.89. The van der Waals surface area contributed by atoms with Crippen molar-refractivity contribution in [3.8, 4) is 11.4 Å². The first-order chi connectivity index (χ1) is 16.1. The van der Waals surface area contributed by atoms with Crippen LogP contribution in [0.15, 0.2) is 53.7 Å². The quantitative estimate of drug-likeness (QED) is 0.520. The fraction of sp³-hybridized carbons (Fsp3) is 0.375. The van der Waals surface area contributed by atoms with Gasteiger partial charge in [-0.2, -0.15) is 0 Å². The molecule has 0 spiro atoms. The number of nitrogens with one attached hydrogen (secondary N) is 1. The first kappa shape index (κ1) is 21.9. The first-order valence-corrected chi connectivity index (χ1v) is 12.1. The Morgan fingerprint density at radius 1 is 1.12 bits per heavy atom. The van der Waals surface area contributed by atoms with Gasteiger partial charge in [0.05, 0.1) is 24.0 Å². The lowest BCUT2D eigenvalue weighted by atomic mass is 10.2. The topological polar surface area (TPSA) is 72.3 Å². The monoisotopic (exact) mass is 467 g/mol. The summed E-state index contributed by atoms with van der Waals surface area (Å²) in [4.78, 5) is 15.1. The van der Waals surface area contributed by atoms with Crippen molar-refractivity contribution in [3.05, 3.63) is 54.3 Å². The molecule has 1 aliphatic carbocycles.